The molecule has 0 bridgehead atoms. The van der Waals surface area contributed by atoms with Crippen molar-refractivity contribution in [1.29, 1.82) is 0 Å². The zero-order valence-corrected chi connectivity index (χ0v) is 23.0. The zero-order valence-electron chi connectivity index (χ0n) is 23.0. The van der Waals surface area contributed by atoms with Gasteiger partial charge in [0.15, 0.2) is 0 Å². The van der Waals surface area contributed by atoms with Crippen molar-refractivity contribution in [2.45, 2.75) is 103 Å². The summed E-state index contributed by atoms with van der Waals surface area (Å²) in [5.74, 6) is -1.33. The number of nitrogens with zero attached hydrogens (tertiary/aromatic N) is 3. The fraction of sp³-hybridized carbons (Fsp3) is 0.655. The number of amides is 3. The fourth-order valence-electron chi connectivity index (χ4n) is 5.14. The first kappa shape index (κ1) is 30.6. The first-order valence-electron chi connectivity index (χ1n) is 13.8. The van der Waals surface area contributed by atoms with E-state index in [1.807, 2.05) is 51.1 Å². The third-order valence-electron chi connectivity index (χ3n) is 7.02. The number of aliphatic imine (C=N–C) groups is 1. The van der Waals surface area contributed by atoms with Crippen LogP contribution in [0, 0.1) is 11.8 Å². The summed E-state index contributed by atoms with van der Waals surface area (Å²) in [6.45, 7) is 5.66. The van der Waals surface area contributed by atoms with Crippen LogP contribution in [0.1, 0.15) is 84.1 Å². The molecule has 206 valence electrons. The average molecular weight is 515 g/mol. The van der Waals surface area contributed by atoms with Gasteiger partial charge in [-0.15, -0.1) is 0 Å². The van der Waals surface area contributed by atoms with Gasteiger partial charge in [0.05, 0.1) is 12.1 Å². The molecule has 37 heavy (non-hydrogen) atoms. The van der Waals surface area contributed by atoms with Gasteiger partial charge in [0.1, 0.15) is 6.04 Å². The summed E-state index contributed by atoms with van der Waals surface area (Å²) < 4.78 is 0. The number of hydroxylamine groups is 2. The van der Waals surface area contributed by atoms with Gasteiger partial charge in [-0.25, -0.2) is 5.06 Å². The first-order chi connectivity index (χ1) is 17.7. The normalized spacial score (nSPS) is 16.9. The zero-order chi connectivity index (χ0) is 27.4. The number of imide groups is 1. The van der Waals surface area contributed by atoms with Crippen LogP contribution in [-0.2, 0) is 20.8 Å². The van der Waals surface area contributed by atoms with Gasteiger partial charge in [0.2, 0.25) is 11.8 Å². The average Bonchev–Trinajstić information content (AvgIpc) is 2.88. The van der Waals surface area contributed by atoms with E-state index in [0.717, 1.165) is 36.1 Å². The summed E-state index contributed by atoms with van der Waals surface area (Å²) in [6.07, 6.45) is 8.92. The maximum atomic E-state index is 13.7. The predicted octanol–water partition coefficient (Wildman–Crippen LogP) is 4.38. The van der Waals surface area contributed by atoms with Crippen LogP contribution in [0.2, 0.25) is 0 Å². The Hall–Kier alpha value is -2.58. The Bertz CT molecular complexity index is 883. The molecule has 0 aliphatic heterocycles. The number of hydrogen-bond acceptors (Lipinski definition) is 6. The monoisotopic (exact) mass is 514 g/mol. The molecule has 0 unspecified atom stereocenters. The molecule has 1 saturated carbocycles. The summed E-state index contributed by atoms with van der Waals surface area (Å²) in [6, 6.07) is 6.61. The molecular formula is C29H46N4O4. The number of benzene rings is 1. The van der Waals surface area contributed by atoms with Crippen molar-refractivity contribution < 1.29 is 19.6 Å². The minimum Gasteiger partial charge on any atom is -0.320 e. The number of hydrogen-bond donors (Lipinski definition) is 2. The van der Waals surface area contributed by atoms with Crippen LogP contribution < -0.4 is 5.73 Å². The molecule has 1 fully saturated rings. The smallest absolute Gasteiger partial charge is 0.269 e. The van der Waals surface area contributed by atoms with E-state index in [1.165, 1.54) is 6.42 Å². The van der Waals surface area contributed by atoms with Crippen LogP contribution in [0.3, 0.4) is 0 Å². The molecule has 0 saturated heterocycles. The quantitative estimate of drug-likeness (QED) is 0.230. The summed E-state index contributed by atoms with van der Waals surface area (Å²) in [5.41, 5.74) is 7.18. The van der Waals surface area contributed by atoms with Crippen LogP contribution in [-0.4, -0.2) is 64.3 Å². The molecule has 0 spiro atoms. The molecule has 1 aromatic carbocycles. The molecule has 0 aromatic heterocycles. The SMILES string of the molecule is CCC[C@@H](C(=O)N(O)[C@H](C=NC)CC1CCCCC1)N(C(=O)CC(C)C)C(=O)[C@@H](N)Cc1ccccc1. The fourth-order valence-corrected chi connectivity index (χ4v) is 5.14. The summed E-state index contributed by atoms with van der Waals surface area (Å²) in [4.78, 5) is 45.9. The van der Waals surface area contributed by atoms with Gasteiger partial charge >= 0.3 is 0 Å². The highest BCUT2D eigenvalue weighted by molar-refractivity contribution is 6.02. The van der Waals surface area contributed by atoms with Gasteiger partial charge in [0, 0.05) is 19.7 Å². The van der Waals surface area contributed by atoms with Crippen LogP contribution in [0.4, 0.5) is 0 Å². The van der Waals surface area contributed by atoms with Crippen molar-refractivity contribution >= 4 is 23.9 Å². The highest BCUT2D eigenvalue weighted by Crippen LogP contribution is 2.28. The third-order valence-corrected chi connectivity index (χ3v) is 7.02. The third kappa shape index (κ3) is 9.34. The van der Waals surface area contributed by atoms with Crippen molar-refractivity contribution in [2.75, 3.05) is 7.05 Å². The molecule has 8 nitrogen and oxygen atoms in total. The Balaban J connectivity index is 2.33. The summed E-state index contributed by atoms with van der Waals surface area (Å²) in [5, 5.41) is 11.8. The van der Waals surface area contributed by atoms with E-state index in [4.69, 9.17) is 5.73 Å². The Morgan fingerprint density at radius 1 is 1.11 bits per heavy atom. The lowest BCUT2D eigenvalue weighted by molar-refractivity contribution is -0.181. The number of carbonyl (C=O) groups is 3. The Kier molecular flexibility index (Phi) is 12.9. The Morgan fingerprint density at radius 2 is 1.76 bits per heavy atom. The van der Waals surface area contributed by atoms with Gasteiger partial charge in [-0.05, 0) is 36.7 Å². The van der Waals surface area contributed by atoms with Crippen molar-refractivity contribution in [3.05, 3.63) is 35.9 Å². The lowest BCUT2D eigenvalue weighted by atomic mass is 9.85. The summed E-state index contributed by atoms with van der Waals surface area (Å²) >= 11 is 0. The molecular weight excluding hydrogens is 468 g/mol. The topological polar surface area (TPSA) is 116 Å². The largest absolute Gasteiger partial charge is 0.320 e. The second-order valence-electron chi connectivity index (χ2n) is 10.7. The van der Waals surface area contributed by atoms with E-state index in [2.05, 4.69) is 4.99 Å². The Labute approximate surface area is 222 Å². The van der Waals surface area contributed by atoms with E-state index in [9.17, 15) is 19.6 Å². The molecule has 3 atom stereocenters. The highest BCUT2D eigenvalue weighted by atomic mass is 16.5. The highest BCUT2D eigenvalue weighted by Gasteiger charge is 2.40. The maximum absolute atomic E-state index is 13.7. The molecule has 0 radical (unpaired) electrons. The lowest BCUT2D eigenvalue weighted by Gasteiger charge is -2.35. The lowest BCUT2D eigenvalue weighted by Crippen LogP contribution is -2.58. The standard InChI is InChI=1S/C29H46N4O4/c1-5-12-26(29(36)33(37)24(20-31-4)18-22-13-8-6-9-14-22)32(27(34)17-21(2)3)28(35)25(30)19-23-15-10-7-11-16-23/h7,10-11,15-16,20-22,24-26,37H,5-6,8-9,12-14,17-19,30H2,1-4H3/t24-,25-,26-/m0/s1. The van der Waals surface area contributed by atoms with E-state index in [-0.39, 0.29) is 25.2 Å². The number of carbonyl (C=O) groups excluding carboxylic acids is 3. The van der Waals surface area contributed by atoms with E-state index < -0.39 is 35.8 Å². The molecule has 8 heteroatoms. The molecule has 1 aliphatic rings. The van der Waals surface area contributed by atoms with Crippen LogP contribution in [0.15, 0.2) is 35.3 Å². The second-order valence-corrected chi connectivity index (χ2v) is 10.7. The van der Waals surface area contributed by atoms with Crippen molar-refractivity contribution in [3.8, 4) is 0 Å². The number of nitrogens with two attached hydrogens (primary N) is 1. The first-order valence-corrected chi connectivity index (χ1v) is 13.8. The van der Waals surface area contributed by atoms with E-state index in [1.54, 1.807) is 13.3 Å². The van der Waals surface area contributed by atoms with Crippen LogP contribution in [0.5, 0.6) is 0 Å². The molecule has 2 rings (SSSR count). The second kappa shape index (κ2) is 15.6. The van der Waals surface area contributed by atoms with Crippen molar-refractivity contribution in [2.24, 2.45) is 22.6 Å². The van der Waals surface area contributed by atoms with Crippen LogP contribution >= 0.6 is 0 Å². The van der Waals surface area contributed by atoms with Crippen molar-refractivity contribution in [1.82, 2.24) is 9.96 Å². The molecule has 1 aromatic rings. The molecule has 1 aliphatic carbocycles. The van der Waals surface area contributed by atoms with Gasteiger partial charge < -0.3 is 5.73 Å². The summed E-state index contributed by atoms with van der Waals surface area (Å²) in [7, 11) is 1.61. The molecule has 0 heterocycles. The minimum atomic E-state index is -1.13. The molecule has 3 amide bonds. The van der Waals surface area contributed by atoms with Crippen molar-refractivity contribution in [3.63, 3.8) is 0 Å². The van der Waals surface area contributed by atoms with E-state index >= 15 is 0 Å². The van der Waals surface area contributed by atoms with Gasteiger partial charge in [-0.3, -0.25) is 29.5 Å². The Morgan fingerprint density at radius 3 is 2.32 bits per heavy atom. The predicted molar refractivity (Wildman–Crippen MR) is 146 cm³/mol. The van der Waals surface area contributed by atoms with Crippen LogP contribution in [0.25, 0.3) is 0 Å². The van der Waals surface area contributed by atoms with Gasteiger partial charge in [-0.2, -0.15) is 0 Å². The van der Waals surface area contributed by atoms with Gasteiger partial charge in [0.25, 0.3) is 5.91 Å². The van der Waals surface area contributed by atoms with Gasteiger partial charge in [-0.1, -0.05) is 89.6 Å². The maximum Gasteiger partial charge on any atom is 0.269 e. The number of rotatable bonds is 13. The molecule has 3 N–H and O–H groups in total. The minimum absolute atomic E-state index is 0.0120. The van der Waals surface area contributed by atoms with E-state index in [0.29, 0.717) is 23.8 Å².